The molecule has 2 unspecified atom stereocenters. The Labute approximate surface area is 91.5 Å². The predicted octanol–water partition coefficient (Wildman–Crippen LogP) is 0.903. The number of rotatable bonds is 4. The van der Waals surface area contributed by atoms with E-state index in [0.29, 0.717) is 5.56 Å². The number of aliphatic hydroxyl groups excluding tert-OH is 2. The van der Waals surface area contributed by atoms with Gasteiger partial charge in [-0.2, -0.15) is 5.26 Å². The van der Waals surface area contributed by atoms with Gasteiger partial charge in [-0.05, 0) is 17.7 Å². The normalized spacial score (nSPS) is 13.8. The van der Waals surface area contributed by atoms with Crippen molar-refractivity contribution in [3.05, 3.63) is 39.9 Å². The van der Waals surface area contributed by atoms with Gasteiger partial charge in [-0.1, -0.05) is 0 Å². The van der Waals surface area contributed by atoms with Crippen molar-refractivity contribution in [2.24, 2.45) is 0 Å². The Morgan fingerprint density at radius 2 is 1.94 bits per heavy atom. The van der Waals surface area contributed by atoms with Crippen molar-refractivity contribution in [3.63, 3.8) is 0 Å². The second kappa shape index (κ2) is 5.21. The summed E-state index contributed by atoms with van der Waals surface area (Å²) in [6, 6.07) is 6.90. The second-order valence-electron chi connectivity index (χ2n) is 3.22. The predicted molar refractivity (Wildman–Crippen MR) is 54.3 cm³/mol. The molecule has 0 aliphatic carbocycles. The lowest BCUT2D eigenvalue weighted by Gasteiger charge is -2.14. The number of nitriles is 1. The van der Waals surface area contributed by atoms with E-state index >= 15 is 0 Å². The van der Waals surface area contributed by atoms with E-state index in [2.05, 4.69) is 0 Å². The van der Waals surface area contributed by atoms with Crippen LogP contribution in [0, 0.1) is 21.4 Å². The molecule has 0 bridgehead atoms. The standard InChI is InChI=1S/C10H10N2O4/c11-6-5-9(13)10(14)7-1-3-8(4-2-7)12(15)16/h1-4,9-10,13-14H,5H2. The lowest BCUT2D eigenvalue weighted by molar-refractivity contribution is -0.384. The van der Waals surface area contributed by atoms with Crippen LogP contribution in [-0.4, -0.2) is 21.2 Å². The Hall–Kier alpha value is -1.97. The van der Waals surface area contributed by atoms with Gasteiger partial charge in [-0.25, -0.2) is 0 Å². The zero-order valence-electron chi connectivity index (χ0n) is 8.28. The van der Waals surface area contributed by atoms with Crippen molar-refractivity contribution in [3.8, 4) is 6.07 Å². The summed E-state index contributed by atoms with van der Waals surface area (Å²) >= 11 is 0. The van der Waals surface area contributed by atoms with E-state index in [0.717, 1.165) is 0 Å². The first kappa shape index (κ1) is 12.1. The van der Waals surface area contributed by atoms with Gasteiger partial charge < -0.3 is 10.2 Å². The minimum absolute atomic E-state index is 0.0919. The molecule has 84 valence electrons. The first-order valence-electron chi connectivity index (χ1n) is 4.53. The monoisotopic (exact) mass is 222 g/mol. The lowest BCUT2D eigenvalue weighted by Crippen LogP contribution is -2.17. The van der Waals surface area contributed by atoms with Gasteiger partial charge in [0, 0.05) is 12.1 Å². The number of aliphatic hydroxyl groups is 2. The first-order valence-corrected chi connectivity index (χ1v) is 4.53. The first-order chi connectivity index (χ1) is 7.56. The molecular weight excluding hydrogens is 212 g/mol. The van der Waals surface area contributed by atoms with Gasteiger partial charge in [0.2, 0.25) is 0 Å². The molecule has 1 aromatic rings. The van der Waals surface area contributed by atoms with Crippen LogP contribution in [0.3, 0.4) is 0 Å². The Kier molecular flexibility index (Phi) is 3.94. The summed E-state index contributed by atoms with van der Waals surface area (Å²) < 4.78 is 0. The number of non-ortho nitro benzene ring substituents is 1. The largest absolute Gasteiger partial charge is 0.389 e. The molecule has 2 N–H and O–H groups in total. The van der Waals surface area contributed by atoms with E-state index in [9.17, 15) is 20.3 Å². The van der Waals surface area contributed by atoms with Crippen LogP contribution < -0.4 is 0 Å². The number of nitrogens with zero attached hydrogens (tertiary/aromatic N) is 2. The van der Waals surface area contributed by atoms with E-state index in [1.165, 1.54) is 24.3 Å². The van der Waals surface area contributed by atoms with Crippen molar-refractivity contribution in [1.82, 2.24) is 0 Å². The zero-order chi connectivity index (χ0) is 12.1. The van der Waals surface area contributed by atoms with Gasteiger partial charge in [-0.3, -0.25) is 10.1 Å². The lowest BCUT2D eigenvalue weighted by atomic mass is 10.0. The average Bonchev–Trinajstić information content (AvgIpc) is 2.28. The maximum absolute atomic E-state index is 10.4. The molecule has 0 aliphatic rings. The second-order valence-corrected chi connectivity index (χ2v) is 3.22. The molecule has 0 saturated carbocycles. The third-order valence-electron chi connectivity index (χ3n) is 2.11. The summed E-state index contributed by atoms with van der Waals surface area (Å²) in [5.74, 6) is 0. The maximum Gasteiger partial charge on any atom is 0.269 e. The molecule has 1 rings (SSSR count). The summed E-state index contributed by atoms with van der Waals surface area (Å²) in [4.78, 5) is 9.82. The fourth-order valence-corrected chi connectivity index (χ4v) is 1.22. The molecule has 0 saturated heterocycles. The maximum atomic E-state index is 10.4. The number of hydrogen-bond donors (Lipinski definition) is 2. The van der Waals surface area contributed by atoms with Gasteiger partial charge in [0.05, 0.1) is 23.5 Å². The van der Waals surface area contributed by atoms with Crippen molar-refractivity contribution < 1.29 is 15.1 Å². The van der Waals surface area contributed by atoms with Gasteiger partial charge in [0.25, 0.3) is 5.69 Å². The van der Waals surface area contributed by atoms with Crippen LogP contribution in [0.5, 0.6) is 0 Å². The number of hydrogen-bond acceptors (Lipinski definition) is 5. The molecule has 0 aromatic heterocycles. The number of benzene rings is 1. The van der Waals surface area contributed by atoms with Gasteiger partial charge in [0.15, 0.2) is 0 Å². The van der Waals surface area contributed by atoms with Crippen molar-refractivity contribution in [2.45, 2.75) is 18.6 Å². The third-order valence-corrected chi connectivity index (χ3v) is 2.11. The molecule has 1 aromatic carbocycles. The van der Waals surface area contributed by atoms with Crippen LogP contribution in [0.4, 0.5) is 5.69 Å². The molecule has 6 heteroatoms. The van der Waals surface area contributed by atoms with E-state index < -0.39 is 17.1 Å². The zero-order valence-corrected chi connectivity index (χ0v) is 8.28. The van der Waals surface area contributed by atoms with E-state index in [1.807, 2.05) is 0 Å². The Bertz CT molecular complexity index is 410. The summed E-state index contributed by atoms with van der Waals surface area (Å²) in [7, 11) is 0. The highest BCUT2D eigenvalue weighted by atomic mass is 16.6. The summed E-state index contributed by atoms with van der Waals surface area (Å²) in [6.07, 6.45) is -2.59. The minimum atomic E-state index is -1.21. The van der Waals surface area contributed by atoms with Crippen LogP contribution in [0.25, 0.3) is 0 Å². The molecule has 16 heavy (non-hydrogen) atoms. The quantitative estimate of drug-likeness (QED) is 0.581. The molecular formula is C10H10N2O4. The highest BCUT2D eigenvalue weighted by Gasteiger charge is 2.18. The molecule has 0 spiro atoms. The molecule has 0 heterocycles. The molecule has 6 nitrogen and oxygen atoms in total. The fraction of sp³-hybridized carbons (Fsp3) is 0.300. The van der Waals surface area contributed by atoms with Crippen LogP contribution in [0.1, 0.15) is 18.1 Å². The number of nitro benzene ring substituents is 1. The van der Waals surface area contributed by atoms with Crippen LogP contribution in [0.2, 0.25) is 0 Å². The Morgan fingerprint density at radius 1 is 1.38 bits per heavy atom. The Morgan fingerprint density at radius 3 is 2.38 bits per heavy atom. The molecule has 2 atom stereocenters. The smallest absolute Gasteiger partial charge is 0.269 e. The molecule has 0 fully saturated rings. The SMILES string of the molecule is N#CCC(O)C(O)c1ccc([N+](=O)[O-])cc1. The van der Waals surface area contributed by atoms with Crippen molar-refractivity contribution in [1.29, 1.82) is 5.26 Å². The van der Waals surface area contributed by atoms with Gasteiger partial charge in [-0.15, -0.1) is 0 Å². The average molecular weight is 222 g/mol. The number of nitro groups is 1. The van der Waals surface area contributed by atoms with Gasteiger partial charge >= 0.3 is 0 Å². The van der Waals surface area contributed by atoms with E-state index in [-0.39, 0.29) is 12.1 Å². The van der Waals surface area contributed by atoms with E-state index in [4.69, 9.17) is 5.26 Å². The van der Waals surface area contributed by atoms with Crippen molar-refractivity contribution >= 4 is 5.69 Å². The molecule has 0 amide bonds. The Balaban J connectivity index is 2.82. The van der Waals surface area contributed by atoms with Crippen LogP contribution in [0.15, 0.2) is 24.3 Å². The summed E-state index contributed by atoms with van der Waals surface area (Å²) in [6.45, 7) is 0. The third kappa shape index (κ3) is 2.76. The van der Waals surface area contributed by atoms with E-state index in [1.54, 1.807) is 6.07 Å². The van der Waals surface area contributed by atoms with Gasteiger partial charge in [0.1, 0.15) is 6.10 Å². The minimum Gasteiger partial charge on any atom is -0.389 e. The summed E-state index contributed by atoms with van der Waals surface area (Å²) in [5.41, 5.74) is 0.249. The summed E-state index contributed by atoms with van der Waals surface area (Å²) in [5, 5.41) is 37.6. The highest BCUT2D eigenvalue weighted by Crippen LogP contribution is 2.21. The highest BCUT2D eigenvalue weighted by molar-refractivity contribution is 5.34. The van der Waals surface area contributed by atoms with Crippen LogP contribution >= 0.6 is 0 Å². The fourth-order valence-electron chi connectivity index (χ4n) is 1.22. The topological polar surface area (TPSA) is 107 Å². The molecule has 0 aliphatic heterocycles. The van der Waals surface area contributed by atoms with Crippen LogP contribution in [-0.2, 0) is 0 Å². The van der Waals surface area contributed by atoms with Crippen molar-refractivity contribution in [2.75, 3.05) is 0 Å². The molecule has 0 radical (unpaired) electrons.